The largest absolute Gasteiger partial charge is 0.460 e. The minimum Gasteiger partial charge on any atom is -0.460 e. The lowest BCUT2D eigenvalue weighted by Crippen LogP contribution is -2.03. The van der Waals surface area contributed by atoms with Crippen LogP contribution in [0.4, 0.5) is 13.2 Å². The number of alkyl halides is 3. The fourth-order valence-electron chi connectivity index (χ4n) is 3.71. The number of furan rings is 1. The van der Waals surface area contributed by atoms with Crippen molar-refractivity contribution in [2.45, 2.75) is 48.2 Å². The summed E-state index contributed by atoms with van der Waals surface area (Å²) in [6.45, 7) is 5.91. The summed E-state index contributed by atoms with van der Waals surface area (Å²) < 4.78 is 45.1. The molecule has 0 aliphatic carbocycles. The summed E-state index contributed by atoms with van der Waals surface area (Å²) in [6.07, 6.45) is -4.38. The predicted molar refractivity (Wildman–Crippen MR) is 135 cm³/mol. The standard InChI is InChI=1S/C28H24F3O2S2/c1-17-10-18(2)12-24(11-17)35-16-27-21(15-34-23-8-9-25(32)19(3)13-23)14-26(33-27)20-4-6-22(7-5-20)28(29,30)31/h4-14H,15-16H2,1-3H3. The molecule has 181 valence electrons. The van der Waals surface area contributed by atoms with Crippen molar-refractivity contribution in [2.24, 2.45) is 0 Å². The van der Waals surface area contributed by atoms with Crippen LogP contribution in [-0.2, 0) is 22.8 Å². The minimum atomic E-state index is -4.38. The van der Waals surface area contributed by atoms with E-state index in [0.29, 0.717) is 28.4 Å². The van der Waals surface area contributed by atoms with Crippen LogP contribution in [0.2, 0.25) is 0 Å². The Morgan fingerprint density at radius 1 is 0.771 bits per heavy atom. The van der Waals surface area contributed by atoms with Crippen molar-refractivity contribution >= 4 is 23.5 Å². The molecule has 4 aromatic rings. The number of benzene rings is 3. The summed E-state index contributed by atoms with van der Waals surface area (Å²) in [5.41, 5.74) is 3.95. The van der Waals surface area contributed by atoms with Gasteiger partial charge in [0, 0.05) is 26.7 Å². The van der Waals surface area contributed by atoms with Gasteiger partial charge in [-0.05, 0) is 86.0 Å². The van der Waals surface area contributed by atoms with Crippen molar-refractivity contribution in [3.05, 3.63) is 100 Å². The fourth-order valence-corrected chi connectivity index (χ4v) is 5.79. The van der Waals surface area contributed by atoms with Crippen LogP contribution in [0.25, 0.3) is 11.3 Å². The number of rotatable bonds is 7. The first-order valence-electron chi connectivity index (χ1n) is 11.0. The van der Waals surface area contributed by atoms with Gasteiger partial charge in [-0.1, -0.05) is 18.2 Å². The average molecular weight is 514 g/mol. The van der Waals surface area contributed by atoms with Crippen LogP contribution in [0.5, 0.6) is 5.75 Å². The zero-order valence-electron chi connectivity index (χ0n) is 19.5. The second-order valence-electron chi connectivity index (χ2n) is 8.46. The van der Waals surface area contributed by atoms with Gasteiger partial charge in [0.2, 0.25) is 0 Å². The van der Waals surface area contributed by atoms with Crippen molar-refractivity contribution in [3.63, 3.8) is 0 Å². The van der Waals surface area contributed by atoms with Crippen molar-refractivity contribution in [1.82, 2.24) is 0 Å². The van der Waals surface area contributed by atoms with Gasteiger partial charge in [0.1, 0.15) is 11.5 Å². The summed E-state index contributed by atoms with van der Waals surface area (Å²) in [5, 5.41) is 11.7. The van der Waals surface area contributed by atoms with Gasteiger partial charge in [-0.25, -0.2) is 0 Å². The first-order chi connectivity index (χ1) is 16.6. The topological polar surface area (TPSA) is 33.0 Å². The van der Waals surface area contributed by atoms with E-state index in [1.807, 2.05) is 12.1 Å². The van der Waals surface area contributed by atoms with Gasteiger partial charge in [0.25, 0.3) is 0 Å². The summed E-state index contributed by atoms with van der Waals surface area (Å²) in [5.74, 6) is 2.54. The molecule has 0 atom stereocenters. The molecule has 0 bridgehead atoms. The third-order valence-electron chi connectivity index (χ3n) is 5.50. The Labute approximate surface area is 211 Å². The zero-order chi connectivity index (χ0) is 25.2. The van der Waals surface area contributed by atoms with Crippen LogP contribution in [0.1, 0.15) is 33.6 Å². The van der Waals surface area contributed by atoms with Gasteiger partial charge in [-0.15, -0.1) is 23.5 Å². The molecule has 0 amide bonds. The Morgan fingerprint density at radius 2 is 1.43 bits per heavy atom. The van der Waals surface area contributed by atoms with E-state index < -0.39 is 11.7 Å². The Balaban J connectivity index is 1.60. The molecular weight excluding hydrogens is 489 g/mol. The molecule has 0 saturated carbocycles. The van der Waals surface area contributed by atoms with Crippen LogP contribution in [-0.4, -0.2) is 0 Å². The molecule has 0 unspecified atom stereocenters. The Hall–Kier alpha value is -2.77. The van der Waals surface area contributed by atoms with E-state index in [4.69, 9.17) is 4.42 Å². The Bertz CT molecular complexity index is 1310. The average Bonchev–Trinajstić information content (AvgIpc) is 3.20. The molecule has 0 N–H and O–H groups in total. The smallest absolute Gasteiger partial charge is 0.416 e. The van der Waals surface area contributed by atoms with E-state index in [0.717, 1.165) is 33.2 Å². The highest BCUT2D eigenvalue weighted by atomic mass is 32.2. The van der Waals surface area contributed by atoms with Gasteiger partial charge >= 0.3 is 6.18 Å². The van der Waals surface area contributed by atoms with E-state index >= 15 is 0 Å². The molecule has 1 heterocycles. The van der Waals surface area contributed by atoms with E-state index in [2.05, 4.69) is 32.0 Å². The number of aryl methyl sites for hydroxylation is 3. The third kappa shape index (κ3) is 6.47. The predicted octanol–water partition coefficient (Wildman–Crippen LogP) is 9.62. The molecule has 0 spiro atoms. The lowest BCUT2D eigenvalue weighted by atomic mass is 10.1. The first-order valence-corrected chi connectivity index (χ1v) is 13.0. The van der Waals surface area contributed by atoms with E-state index in [-0.39, 0.29) is 5.75 Å². The highest BCUT2D eigenvalue weighted by Gasteiger charge is 2.30. The number of hydrogen-bond donors (Lipinski definition) is 0. The summed E-state index contributed by atoms with van der Waals surface area (Å²) in [6, 6.07) is 18.5. The highest BCUT2D eigenvalue weighted by molar-refractivity contribution is 7.99. The van der Waals surface area contributed by atoms with Gasteiger partial charge < -0.3 is 4.42 Å². The normalized spacial score (nSPS) is 11.7. The van der Waals surface area contributed by atoms with E-state index in [1.165, 1.54) is 23.3 Å². The van der Waals surface area contributed by atoms with Crippen LogP contribution in [0, 0.1) is 20.8 Å². The maximum absolute atomic E-state index is 13.0. The Morgan fingerprint density at radius 3 is 2.06 bits per heavy atom. The lowest BCUT2D eigenvalue weighted by molar-refractivity contribution is -0.137. The van der Waals surface area contributed by atoms with Gasteiger partial charge in [0.05, 0.1) is 11.3 Å². The SMILES string of the molecule is Cc1cc(C)cc(SCc2oc(-c3ccc(C(F)(F)F)cc3)cc2CSc2ccc([O])c(C)c2)c1. The molecule has 3 aromatic carbocycles. The molecule has 0 fully saturated rings. The summed E-state index contributed by atoms with van der Waals surface area (Å²) in [7, 11) is 0. The monoisotopic (exact) mass is 513 g/mol. The van der Waals surface area contributed by atoms with Crippen LogP contribution >= 0.6 is 23.5 Å². The molecule has 0 aliphatic rings. The maximum atomic E-state index is 13.0. The van der Waals surface area contributed by atoms with Crippen molar-refractivity contribution in [3.8, 4) is 17.1 Å². The second kappa shape index (κ2) is 10.5. The van der Waals surface area contributed by atoms with Gasteiger partial charge in [-0.3, -0.25) is 5.11 Å². The molecule has 2 nitrogen and oxygen atoms in total. The number of halogens is 3. The highest BCUT2D eigenvalue weighted by Crippen LogP contribution is 2.36. The third-order valence-corrected chi connectivity index (χ3v) is 7.52. The maximum Gasteiger partial charge on any atom is 0.416 e. The molecule has 4 rings (SSSR count). The molecule has 0 saturated heterocycles. The quantitative estimate of drug-likeness (QED) is 0.231. The molecule has 1 radical (unpaired) electrons. The summed E-state index contributed by atoms with van der Waals surface area (Å²) in [4.78, 5) is 2.11. The van der Waals surface area contributed by atoms with Crippen molar-refractivity contribution in [2.75, 3.05) is 0 Å². The number of hydrogen-bond acceptors (Lipinski definition) is 3. The van der Waals surface area contributed by atoms with Crippen molar-refractivity contribution < 1.29 is 22.7 Å². The van der Waals surface area contributed by atoms with Gasteiger partial charge in [-0.2, -0.15) is 13.2 Å². The molecule has 1 aromatic heterocycles. The van der Waals surface area contributed by atoms with E-state index in [9.17, 15) is 18.3 Å². The number of thioether (sulfide) groups is 2. The molecular formula is C28H24F3O2S2. The van der Waals surface area contributed by atoms with Crippen LogP contribution in [0.3, 0.4) is 0 Å². The minimum absolute atomic E-state index is 0.00721. The first kappa shape index (κ1) is 25.3. The summed E-state index contributed by atoms with van der Waals surface area (Å²) >= 11 is 3.26. The van der Waals surface area contributed by atoms with Crippen molar-refractivity contribution in [1.29, 1.82) is 0 Å². The zero-order valence-corrected chi connectivity index (χ0v) is 21.2. The molecule has 7 heteroatoms. The van der Waals surface area contributed by atoms with Crippen LogP contribution in [0.15, 0.2) is 80.9 Å². The lowest BCUT2D eigenvalue weighted by Gasteiger charge is -2.07. The second-order valence-corrected chi connectivity index (χ2v) is 10.6. The van der Waals surface area contributed by atoms with E-state index in [1.54, 1.807) is 42.6 Å². The fraction of sp³-hybridized carbons (Fsp3) is 0.214. The van der Waals surface area contributed by atoms with Crippen LogP contribution < -0.4 is 0 Å². The van der Waals surface area contributed by atoms with Gasteiger partial charge in [0.15, 0.2) is 5.75 Å². The molecule has 0 aliphatic heterocycles. The Kier molecular flexibility index (Phi) is 7.57. The molecule has 35 heavy (non-hydrogen) atoms.